The van der Waals surface area contributed by atoms with Crippen LogP contribution < -0.4 is 14.4 Å². The van der Waals surface area contributed by atoms with E-state index in [0.717, 1.165) is 36.5 Å². The van der Waals surface area contributed by atoms with Gasteiger partial charge in [-0.15, -0.1) is 11.3 Å². The zero-order valence-electron chi connectivity index (χ0n) is 14.4. The number of aromatic nitrogens is 1. The van der Waals surface area contributed by atoms with Gasteiger partial charge in [0.15, 0.2) is 5.13 Å². The Kier molecular flexibility index (Phi) is 5.61. The number of nitrogens with one attached hydrogen (secondary N) is 1. The summed E-state index contributed by atoms with van der Waals surface area (Å²) in [5.74, 6) is 0.368. The van der Waals surface area contributed by atoms with E-state index in [4.69, 9.17) is 4.74 Å². The molecule has 3 rings (SSSR count). The molecule has 1 aliphatic heterocycles. The highest BCUT2D eigenvalue weighted by molar-refractivity contribution is 7.89. The Balaban J connectivity index is 1.76. The zero-order chi connectivity index (χ0) is 17.9. The van der Waals surface area contributed by atoms with Gasteiger partial charge >= 0.3 is 0 Å². The molecular weight excluding hydrogens is 358 g/mol. The number of hydrogen-bond donors (Lipinski definition) is 1. The average molecular weight is 382 g/mol. The van der Waals surface area contributed by atoms with Crippen LogP contribution in [0.2, 0.25) is 0 Å². The molecule has 8 heteroatoms. The van der Waals surface area contributed by atoms with Gasteiger partial charge in [-0.2, -0.15) is 0 Å². The van der Waals surface area contributed by atoms with Crippen LogP contribution in [0.15, 0.2) is 34.7 Å². The first-order valence-corrected chi connectivity index (χ1v) is 10.7. The van der Waals surface area contributed by atoms with E-state index in [2.05, 4.69) is 14.6 Å². The molecule has 0 bridgehead atoms. The standard InChI is InChI=1S/C17H23N3O3S2/c1-3-13-6-7-15(23-2)16(11-13)25(21,22)19-12-14-5-4-9-20(14)17-18-8-10-24-17/h6-8,10-11,14,19H,3-5,9,12H2,1-2H3. The Morgan fingerprint density at radius 1 is 1.44 bits per heavy atom. The largest absolute Gasteiger partial charge is 0.495 e. The molecule has 0 aliphatic carbocycles. The maximum atomic E-state index is 12.8. The number of aryl methyl sites for hydroxylation is 1. The van der Waals surface area contributed by atoms with Crippen molar-refractivity contribution in [2.24, 2.45) is 0 Å². The summed E-state index contributed by atoms with van der Waals surface area (Å²) in [6, 6.07) is 5.42. The predicted molar refractivity (Wildman–Crippen MR) is 100 cm³/mol. The van der Waals surface area contributed by atoms with Gasteiger partial charge in [-0.1, -0.05) is 13.0 Å². The van der Waals surface area contributed by atoms with Gasteiger partial charge in [0, 0.05) is 30.7 Å². The van der Waals surface area contributed by atoms with Gasteiger partial charge in [0.2, 0.25) is 10.0 Å². The van der Waals surface area contributed by atoms with E-state index >= 15 is 0 Å². The molecule has 6 nitrogen and oxygen atoms in total. The van der Waals surface area contributed by atoms with Gasteiger partial charge in [0.05, 0.1) is 7.11 Å². The molecule has 0 spiro atoms. The summed E-state index contributed by atoms with van der Waals surface area (Å²) in [5, 5.41) is 2.89. The number of methoxy groups -OCH3 is 1. The molecule has 0 saturated carbocycles. The van der Waals surface area contributed by atoms with Gasteiger partial charge < -0.3 is 9.64 Å². The molecule has 1 aromatic carbocycles. The lowest BCUT2D eigenvalue weighted by atomic mass is 10.2. The Morgan fingerprint density at radius 2 is 2.28 bits per heavy atom. The number of anilines is 1. The van der Waals surface area contributed by atoms with Crippen molar-refractivity contribution in [2.75, 3.05) is 25.1 Å². The van der Waals surface area contributed by atoms with Gasteiger partial charge in [-0.3, -0.25) is 0 Å². The van der Waals surface area contributed by atoms with Crippen molar-refractivity contribution in [2.45, 2.75) is 37.1 Å². The van der Waals surface area contributed by atoms with Crippen molar-refractivity contribution in [1.29, 1.82) is 0 Å². The summed E-state index contributed by atoms with van der Waals surface area (Å²) in [4.78, 5) is 6.74. The Hall–Kier alpha value is -1.64. The number of ether oxygens (including phenoxy) is 1. The molecule has 1 saturated heterocycles. The lowest BCUT2D eigenvalue weighted by Crippen LogP contribution is -2.40. The number of benzene rings is 1. The minimum atomic E-state index is -3.63. The van der Waals surface area contributed by atoms with Gasteiger partial charge in [-0.05, 0) is 37.0 Å². The molecule has 1 N–H and O–H groups in total. The minimum absolute atomic E-state index is 0.126. The van der Waals surface area contributed by atoms with Crippen LogP contribution in [0.25, 0.3) is 0 Å². The molecule has 1 fully saturated rings. The van der Waals surface area contributed by atoms with E-state index < -0.39 is 10.0 Å². The molecule has 0 amide bonds. The SMILES string of the molecule is CCc1ccc(OC)c(S(=O)(=O)NCC2CCCN2c2nccs2)c1. The third-order valence-corrected chi connectivity index (χ3v) is 6.73. The number of thiazole rings is 1. The molecule has 1 atom stereocenters. The number of sulfonamides is 1. The van der Waals surface area contributed by atoms with Crippen LogP contribution in [0.5, 0.6) is 5.75 Å². The van der Waals surface area contributed by atoms with Gasteiger partial charge in [-0.25, -0.2) is 18.1 Å². The van der Waals surface area contributed by atoms with E-state index in [1.807, 2.05) is 18.4 Å². The normalized spacial score (nSPS) is 17.8. The number of rotatable bonds is 7. The first kappa shape index (κ1) is 18.2. The second-order valence-electron chi connectivity index (χ2n) is 5.99. The zero-order valence-corrected chi connectivity index (χ0v) is 16.1. The van der Waals surface area contributed by atoms with Crippen LogP contribution in [0.4, 0.5) is 5.13 Å². The van der Waals surface area contributed by atoms with Crippen molar-refractivity contribution >= 4 is 26.5 Å². The predicted octanol–water partition coefficient (Wildman–Crippen LogP) is 2.66. The number of nitrogens with zero attached hydrogens (tertiary/aromatic N) is 2. The monoisotopic (exact) mass is 381 g/mol. The maximum Gasteiger partial charge on any atom is 0.244 e. The lowest BCUT2D eigenvalue weighted by Gasteiger charge is -2.24. The highest BCUT2D eigenvalue weighted by Gasteiger charge is 2.28. The molecule has 1 aromatic heterocycles. The summed E-state index contributed by atoms with van der Waals surface area (Å²) in [7, 11) is -2.15. The van der Waals surface area contributed by atoms with Crippen LogP contribution in [-0.4, -0.2) is 39.6 Å². The van der Waals surface area contributed by atoms with Crippen molar-refractivity contribution < 1.29 is 13.2 Å². The smallest absolute Gasteiger partial charge is 0.244 e. The van der Waals surface area contributed by atoms with Crippen molar-refractivity contribution in [3.63, 3.8) is 0 Å². The first-order chi connectivity index (χ1) is 12.0. The van der Waals surface area contributed by atoms with Crippen LogP contribution in [0, 0.1) is 0 Å². The number of hydrogen-bond acceptors (Lipinski definition) is 6. The van der Waals surface area contributed by atoms with Gasteiger partial charge in [0.1, 0.15) is 10.6 Å². The van der Waals surface area contributed by atoms with E-state index in [-0.39, 0.29) is 10.9 Å². The van der Waals surface area contributed by atoms with Crippen LogP contribution in [0.1, 0.15) is 25.3 Å². The molecule has 2 heterocycles. The topological polar surface area (TPSA) is 71.5 Å². The lowest BCUT2D eigenvalue weighted by molar-refractivity contribution is 0.402. The molecule has 0 radical (unpaired) electrons. The molecular formula is C17H23N3O3S2. The fraction of sp³-hybridized carbons (Fsp3) is 0.471. The maximum absolute atomic E-state index is 12.8. The van der Waals surface area contributed by atoms with Crippen LogP contribution >= 0.6 is 11.3 Å². The summed E-state index contributed by atoms with van der Waals surface area (Å²) < 4.78 is 33.6. The van der Waals surface area contributed by atoms with Crippen molar-refractivity contribution in [3.8, 4) is 5.75 Å². The summed E-state index contributed by atoms with van der Waals surface area (Å²) in [6.07, 6.45) is 4.54. The average Bonchev–Trinajstić information content (AvgIpc) is 3.30. The Labute approximate surface area is 152 Å². The molecule has 25 heavy (non-hydrogen) atoms. The quantitative estimate of drug-likeness (QED) is 0.798. The second-order valence-corrected chi connectivity index (χ2v) is 8.60. The van der Waals surface area contributed by atoms with Crippen LogP contribution in [0.3, 0.4) is 0 Å². The summed E-state index contributed by atoms with van der Waals surface area (Å²) >= 11 is 1.58. The Bertz CT molecular complexity index is 807. The third-order valence-electron chi connectivity index (χ3n) is 4.48. The fourth-order valence-electron chi connectivity index (χ4n) is 3.09. The highest BCUT2D eigenvalue weighted by Crippen LogP contribution is 2.28. The molecule has 2 aromatic rings. The second kappa shape index (κ2) is 7.72. The van der Waals surface area contributed by atoms with E-state index in [1.54, 1.807) is 29.7 Å². The minimum Gasteiger partial charge on any atom is -0.495 e. The van der Waals surface area contributed by atoms with Crippen molar-refractivity contribution in [1.82, 2.24) is 9.71 Å². The van der Waals surface area contributed by atoms with E-state index in [9.17, 15) is 8.42 Å². The van der Waals surface area contributed by atoms with Crippen LogP contribution in [-0.2, 0) is 16.4 Å². The summed E-state index contributed by atoms with van der Waals surface area (Å²) in [6.45, 7) is 3.27. The van der Waals surface area contributed by atoms with Crippen molar-refractivity contribution in [3.05, 3.63) is 35.3 Å². The Morgan fingerprint density at radius 3 is 2.96 bits per heavy atom. The molecule has 1 aliphatic rings. The third kappa shape index (κ3) is 3.96. The fourth-order valence-corrected chi connectivity index (χ4v) is 5.12. The summed E-state index contributed by atoms with van der Waals surface area (Å²) in [5.41, 5.74) is 0.964. The molecule has 1 unspecified atom stereocenters. The van der Waals surface area contributed by atoms with E-state index in [0.29, 0.717) is 12.3 Å². The first-order valence-electron chi connectivity index (χ1n) is 8.38. The highest BCUT2D eigenvalue weighted by atomic mass is 32.2. The van der Waals surface area contributed by atoms with E-state index in [1.165, 1.54) is 7.11 Å². The van der Waals surface area contributed by atoms with Gasteiger partial charge in [0.25, 0.3) is 0 Å². The molecule has 136 valence electrons.